The van der Waals surface area contributed by atoms with Gasteiger partial charge in [-0.25, -0.2) is 0 Å². The minimum atomic E-state index is -0.263. The fourth-order valence-electron chi connectivity index (χ4n) is 3.84. The number of carbonyl (C=O) groups excluding carboxylic acids is 1. The van der Waals surface area contributed by atoms with E-state index in [0.29, 0.717) is 0 Å². The lowest BCUT2D eigenvalue weighted by molar-refractivity contribution is -0.117. The third-order valence-electron chi connectivity index (χ3n) is 5.58. The van der Waals surface area contributed by atoms with Crippen molar-refractivity contribution >= 4 is 11.6 Å². The van der Waals surface area contributed by atoms with Gasteiger partial charge in [0.1, 0.15) is 11.6 Å². The summed E-state index contributed by atoms with van der Waals surface area (Å²) in [6.45, 7) is 2.09. The zero-order valence-electron chi connectivity index (χ0n) is 17.3. The van der Waals surface area contributed by atoms with Gasteiger partial charge in [0.05, 0.1) is 0 Å². The molecule has 1 amide bonds. The first-order chi connectivity index (χ1) is 13.7. The topological polar surface area (TPSA) is 64.9 Å². The Morgan fingerprint density at radius 3 is 2.18 bits per heavy atom. The van der Waals surface area contributed by atoms with Gasteiger partial charge in [-0.15, -0.1) is 0 Å². The number of amides is 1. The van der Waals surface area contributed by atoms with Crippen LogP contribution in [0, 0.1) is 11.3 Å². The Morgan fingerprint density at radius 1 is 1.04 bits per heavy atom. The molecule has 0 spiro atoms. The van der Waals surface area contributed by atoms with Gasteiger partial charge in [-0.3, -0.25) is 4.79 Å². The number of anilines is 1. The predicted octanol–water partition coefficient (Wildman–Crippen LogP) is 5.86. The summed E-state index contributed by atoms with van der Waals surface area (Å²) in [6.07, 6.45) is 15.9. The zero-order valence-corrected chi connectivity index (χ0v) is 17.3. The van der Waals surface area contributed by atoms with Crippen molar-refractivity contribution in [1.82, 2.24) is 5.32 Å². The molecule has 1 aliphatic rings. The number of nitrogens with one attached hydrogen (secondary N) is 2. The Kier molecular flexibility index (Phi) is 10.2. The number of benzene rings is 1. The van der Waals surface area contributed by atoms with Crippen molar-refractivity contribution in [3.63, 3.8) is 0 Å². The number of nitrogens with zero attached hydrogens (tertiary/aromatic N) is 1. The Balaban J connectivity index is 1.95. The minimum absolute atomic E-state index is 0.136. The molecule has 28 heavy (non-hydrogen) atoms. The summed E-state index contributed by atoms with van der Waals surface area (Å²) in [6, 6.07) is 10.2. The summed E-state index contributed by atoms with van der Waals surface area (Å²) in [5.41, 5.74) is 2.24. The van der Waals surface area contributed by atoms with Crippen LogP contribution in [0.25, 0.3) is 0 Å². The quantitative estimate of drug-likeness (QED) is 0.496. The van der Waals surface area contributed by atoms with Crippen LogP contribution in [0.2, 0.25) is 0 Å². The standard InChI is InChI=1S/C24H35N3O/c1-2-20-14-12-13-17-23(20)26-19-21(18-25)24(28)27-22-15-10-8-6-4-3-5-7-9-11-16-22/h12-14,17,19,22,26H,2-11,15-16H2,1H3,(H,27,28)/b21-19-. The van der Waals surface area contributed by atoms with Crippen LogP contribution < -0.4 is 10.6 Å². The SMILES string of the molecule is CCc1ccccc1N/C=C(/C#N)C(=O)NC1CCCCCCCCCCC1. The molecule has 152 valence electrons. The van der Waals surface area contributed by atoms with Crippen LogP contribution >= 0.6 is 0 Å². The number of carbonyl (C=O) groups is 1. The molecule has 2 N–H and O–H groups in total. The summed E-state index contributed by atoms with van der Waals surface area (Å²) in [5.74, 6) is -0.263. The largest absolute Gasteiger partial charge is 0.360 e. The van der Waals surface area contributed by atoms with E-state index in [1.54, 1.807) is 6.20 Å². The smallest absolute Gasteiger partial charge is 0.263 e. The van der Waals surface area contributed by atoms with Crippen molar-refractivity contribution in [3.05, 3.63) is 41.6 Å². The number of nitriles is 1. The highest BCUT2D eigenvalue weighted by atomic mass is 16.1. The van der Waals surface area contributed by atoms with E-state index < -0.39 is 0 Å². The van der Waals surface area contributed by atoms with Crippen LogP contribution in [0.5, 0.6) is 0 Å². The molecule has 0 aliphatic heterocycles. The molecule has 0 saturated heterocycles. The highest BCUT2D eigenvalue weighted by Crippen LogP contribution is 2.18. The maximum Gasteiger partial charge on any atom is 0.263 e. The number of hydrogen-bond acceptors (Lipinski definition) is 3. The molecular formula is C24H35N3O. The van der Waals surface area contributed by atoms with Gasteiger partial charge >= 0.3 is 0 Å². The Morgan fingerprint density at radius 2 is 1.61 bits per heavy atom. The Labute approximate surface area is 170 Å². The Hall–Kier alpha value is -2.28. The van der Waals surface area contributed by atoms with Crippen molar-refractivity contribution in [3.8, 4) is 6.07 Å². The number of rotatable bonds is 5. The van der Waals surface area contributed by atoms with Gasteiger partial charge in [0.25, 0.3) is 5.91 Å². The van der Waals surface area contributed by atoms with Gasteiger partial charge in [0, 0.05) is 17.9 Å². The van der Waals surface area contributed by atoms with Crippen molar-refractivity contribution in [1.29, 1.82) is 5.26 Å². The average molecular weight is 382 g/mol. The normalized spacial score (nSPS) is 17.6. The molecule has 1 saturated carbocycles. The van der Waals surface area contributed by atoms with Crippen LogP contribution in [-0.4, -0.2) is 11.9 Å². The van der Waals surface area contributed by atoms with Crippen LogP contribution in [0.4, 0.5) is 5.69 Å². The lowest BCUT2D eigenvalue weighted by Gasteiger charge is -2.19. The third kappa shape index (κ3) is 7.76. The lowest BCUT2D eigenvalue weighted by Crippen LogP contribution is -2.35. The van der Waals surface area contributed by atoms with E-state index in [1.807, 2.05) is 24.3 Å². The van der Waals surface area contributed by atoms with Crippen molar-refractivity contribution in [2.75, 3.05) is 5.32 Å². The summed E-state index contributed by atoms with van der Waals surface area (Å²) >= 11 is 0. The molecule has 0 atom stereocenters. The van der Waals surface area contributed by atoms with E-state index in [9.17, 15) is 10.1 Å². The molecule has 0 radical (unpaired) electrons. The van der Waals surface area contributed by atoms with Crippen molar-refractivity contribution in [2.45, 2.75) is 90.0 Å². The van der Waals surface area contributed by atoms with E-state index in [1.165, 1.54) is 44.9 Å². The van der Waals surface area contributed by atoms with Gasteiger partial charge < -0.3 is 10.6 Å². The number of aryl methyl sites for hydroxylation is 1. The fourth-order valence-corrected chi connectivity index (χ4v) is 3.84. The monoisotopic (exact) mass is 381 g/mol. The maximum atomic E-state index is 12.7. The summed E-state index contributed by atoms with van der Waals surface area (Å²) in [5, 5.41) is 15.7. The van der Waals surface area contributed by atoms with E-state index in [-0.39, 0.29) is 17.5 Å². The van der Waals surface area contributed by atoms with Gasteiger partial charge in [-0.1, -0.05) is 82.9 Å². The minimum Gasteiger partial charge on any atom is -0.360 e. The molecule has 0 heterocycles. The van der Waals surface area contributed by atoms with Gasteiger partial charge in [0.15, 0.2) is 0 Å². The Bertz CT molecular complexity index is 663. The molecule has 0 unspecified atom stereocenters. The summed E-state index contributed by atoms with van der Waals surface area (Å²) in [7, 11) is 0. The van der Waals surface area contributed by atoms with Gasteiger partial charge in [-0.05, 0) is 30.9 Å². The summed E-state index contributed by atoms with van der Waals surface area (Å²) < 4.78 is 0. The molecule has 1 aliphatic carbocycles. The molecule has 0 bridgehead atoms. The van der Waals surface area contributed by atoms with Crippen molar-refractivity contribution < 1.29 is 4.79 Å². The fraction of sp³-hybridized carbons (Fsp3) is 0.583. The second kappa shape index (κ2) is 13.0. The molecule has 4 heteroatoms. The van der Waals surface area contributed by atoms with Crippen LogP contribution in [0.15, 0.2) is 36.0 Å². The van der Waals surface area contributed by atoms with E-state index in [0.717, 1.165) is 43.4 Å². The molecule has 1 aromatic rings. The molecule has 1 aromatic carbocycles. The maximum absolute atomic E-state index is 12.7. The predicted molar refractivity (Wildman–Crippen MR) is 116 cm³/mol. The molecule has 4 nitrogen and oxygen atoms in total. The second-order valence-electron chi connectivity index (χ2n) is 7.75. The van der Waals surface area contributed by atoms with E-state index in [4.69, 9.17) is 0 Å². The first-order valence-corrected chi connectivity index (χ1v) is 11.0. The number of para-hydroxylation sites is 1. The molecule has 0 aromatic heterocycles. The first-order valence-electron chi connectivity index (χ1n) is 11.0. The van der Waals surface area contributed by atoms with E-state index in [2.05, 4.69) is 23.6 Å². The second-order valence-corrected chi connectivity index (χ2v) is 7.75. The van der Waals surface area contributed by atoms with Gasteiger partial charge in [0.2, 0.25) is 0 Å². The van der Waals surface area contributed by atoms with Crippen LogP contribution in [0.1, 0.15) is 83.1 Å². The first kappa shape index (κ1) is 22.0. The molecule has 1 fully saturated rings. The van der Waals surface area contributed by atoms with E-state index >= 15 is 0 Å². The third-order valence-corrected chi connectivity index (χ3v) is 5.58. The zero-order chi connectivity index (χ0) is 20.0. The van der Waals surface area contributed by atoms with Gasteiger partial charge in [-0.2, -0.15) is 5.26 Å². The lowest BCUT2D eigenvalue weighted by atomic mass is 9.98. The van der Waals surface area contributed by atoms with Crippen molar-refractivity contribution in [2.24, 2.45) is 0 Å². The summed E-state index contributed by atoms with van der Waals surface area (Å²) in [4.78, 5) is 12.7. The highest BCUT2D eigenvalue weighted by Gasteiger charge is 2.16. The van der Waals surface area contributed by atoms with Crippen LogP contribution in [0.3, 0.4) is 0 Å². The highest BCUT2D eigenvalue weighted by molar-refractivity contribution is 5.97. The molecule has 2 rings (SSSR count). The average Bonchev–Trinajstić information content (AvgIpc) is 2.70. The van der Waals surface area contributed by atoms with Crippen LogP contribution in [-0.2, 0) is 11.2 Å². The molecular weight excluding hydrogens is 346 g/mol. The number of hydrogen-bond donors (Lipinski definition) is 2.